The Hall–Kier alpha value is -2.77. The van der Waals surface area contributed by atoms with Gasteiger partial charge in [0.05, 0.1) is 6.54 Å². The molecule has 1 fully saturated rings. The zero-order valence-corrected chi connectivity index (χ0v) is 17.3. The molecule has 8 heteroatoms. The van der Waals surface area contributed by atoms with E-state index in [2.05, 4.69) is 20.6 Å². The maximum atomic E-state index is 13.9. The molecule has 2 aliphatic heterocycles. The van der Waals surface area contributed by atoms with Gasteiger partial charge in [-0.1, -0.05) is 19.1 Å². The summed E-state index contributed by atoms with van der Waals surface area (Å²) in [5.74, 6) is -1.03. The first-order chi connectivity index (χ1) is 13.9. The Morgan fingerprint density at radius 1 is 1.48 bits per heavy atom. The van der Waals surface area contributed by atoms with Crippen molar-refractivity contribution < 1.29 is 8.78 Å². The van der Waals surface area contributed by atoms with Gasteiger partial charge < -0.3 is 20.9 Å². The predicted octanol–water partition coefficient (Wildman–Crippen LogP) is 3.97. The van der Waals surface area contributed by atoms with Crippen LogP contribution in [-0.2, 0) is 0 Å². The second kappa shape index (κ2) is 10.7. The van der Waals surface area contributed by atoms with Gasteiger partial charge in [-0.3, -0.25) is 4.99 Å². The van der Waals surface area contributed by atoms with Crippen LogP contribution in [0.15, 0.2) is 57.2 Å². The maximum Gasteiger partial charge on any atom is 0.265 e. The first-order valence-electron chi connectivity index (χ1n) is 9.88. The standard InChI is InChI=1S/C21H30F2N6/c1-4-17(14-24)20-27-18(26-11-7-6-9-16(3)25-5-2)13-19(28-20)29-12-8-10-21(22,23)15-29/h5-7,9,13-14,24,26-27H,4,8,10-12,15H2,1-3H3/b7-6+,16-9-,20-17+,24-14?,25-5-. The predicted molar refractivity (Wildman–Crippen MR) is 116 cm³/mol. The van der Waals surface area contributed by atoms with Crippen LogP contribution in [0.2, 0.25) is 0 Å². The van der Waals surface area contributed by atoms with Crippen molar-refractivity contribution in [3.63, 3.8) is 0 Å². The SMILES string of the molecule is C\C=N/C(C)=C\C=C\CNC1=CC(N2CCCC(F)(F)C2)=N/C(=C(/C=N)CC)N1. The summed E-state index contributed by atoms with van der Waals surface area (Å²) in [7, 11) is 0. The summed E-state index contributed by atoms with van der Waals surface area (Å²) in [6.45, 7) is 6.46. The minimum Gasteiger partial charge on any atom is -0.368 e. The number of likely N-dealkylation sites (tertiary alicyclic amines) is 1. The van der Waals surface area contributed by atoms with Gasteiger partial charge in [-0.25, -0.2) is 13.8 Å². The largest absolute Gasteiger partial charge is 0.368 e. The summed E-state index contributed by atoms with van der Waals surface area (Å²) in [5, 5.41) is 14.0. The fraction of sp³-hybridized carbons (Fsp3) is 0.476. The number of amidine groups is 1. The van der Waals surface area contributed by atoms with Gasteiger partial charge in [0.2, 0.25) is 0 Å². The van der Waals surface area contributed by atoms with Crippen LogP contribution in [0.25, 0.3) is 0 Å². The normalized spacial score (nSPS) is 21.7. The lowest BCUT2D eigenvalue weighted by molar-refractivity contribution is -0.0465. The van der Waals surface area contributed by atoms with Crippen molar-refractivity contribution in [2.24, 2.45) is 9.98 Å². The van der Waals surface area contributed by atoms with Gasteiger partial charge in [-0.2, -0.15) is 0 Å². The third kappa shape index (κ3) is 6.96. The van der Waals surface area contributed by atoms with Crippen molar-refractivity contribution >= 4 is 18.3 Å². The Morgan fingerprint density at radius 3 is 2.93 bits per heavy atom. The fourth-order valence-electron chi connectivity index (χ4n) is 3.07. The van der Waals surface area contributed by atoms with Crippen LogP contribution < -0.4 is 10.6 Å². The fourth-order valence-corrected chi connectivity index (χ4v) is 3.07. The summed E-state index contributed by atoms with van der Waals surface area (Å²) in [6, 6.07) is 0. The van der Waals surface area contributed by atoms with Crippen molar-refractivity contribution in [2.75, 3.05) is 19.6 Å². The van der Waals surface area contributed by atoms with Crippen molar-refractivity contribution in [1.82, 2.24) is 15.5 Å². The number of alkyl halides is 2. The van der Waals surface area contributed by atoms with Crippen LogP contribution in [0.1, 0.15) is 40.0 Å². The smallest absolute Gasteiger partial charge is 0.265 e. The Labute approximate surface area is 171 Å². The summed E-state index contributed by atoms with van der Waals surface area (Å²) >= 11 is 0. The Bertz CT molecular complexity index is 774. The quantitative estimate of drug-likeness (QED) is 0.444. The van der Waals surface area contributed by atoms with E-state index in [1.165, 1.54) is 6.21 Å². The summed E-state index contributed by atoms with van der Waals surface area (Å²) in [5.41, 5.74) is 1.62. The lowest BCUT2D eigenvalue weighted by Gasteiger charge is -2.35. The topological polar surface area (TPSA) is 75.9 Å². The highest BCUT2D eigenvalue weighted by molar-refractivity contribution is 5.96. The highest BCUT2D eigenvalue weighted by Crippen LogP contribution is 2.27. The van der Waals surface area contributed by atoms with Gasteiger partial charge in [-0.15, -0.1) is 0 Å². The van der Waals surface area contributed by atoms with Crippen LogP contribution in [0.5, 0.6) is 0 Å². The van der Waals surface area contributed by atoms with E-state index in [1.54, 1.807) is 17.2 Å². The first-order valence-corrected chi connectivity index (χ1v) is 9.88. The number of hydrogen-bond acceptors (Lipinski definition) is 6. The van der Waals surface area contributed by atoms with Crippen molar-refractivity contribution in [1.29, 1.82) is 5.41 Å². The van der Waals surface area contributed by atoms with E-state index in [-0.39, 0.29) is 13.0 Å². The van der Waals surface area contributed by atoms with E-state index in [4.69, 9.17) is 5.41 Å². The molecule has 158 valence electrons. The molecule has 2 heterocycles. The number of aliphatic imine (C=N–C) groups is 2. The van der Waals surface area contributed by atoms with Gasteiger partial charge in [-0.05, 0) is 32.8 Å². The molecule has 0 aromatic carbocycles. The number of nitrogens with one attached hydrogen (secondary N) is 3. The Morgan fingerprint density at radius 2 is 2.28 bits per heavy atom. The van der Waals surface area contributed by atoms with Crippen LogP contribution in [0, 0.1) is 5.41 Å². The molecule has 2 rings (SSSR count). The lowest BCUT2D eigenvalue weighted by atomic mass is 10.1. The number of rotatable bonds is 7. The number of hydrogen-bond donors (Lipinski definition) is 3. The van der Waals surface area contributed by atoms with Gasteiger partial charge >= 0.3 is 0 Å². The van der Waals surface area contributed by atoms with E-state index in [9.17, 15) is 8.78 Å². The highest BCUT2D eigenvalue weighted by atomic mass is 19.3. The Balaban J connectivity index is 2.16. The van der Waals surface area contributed by atoms with E-state index >= 15 is 0 Å². The molecule has 0 saturated carbocycles. The minimum absolute atomic E-state index is 0.0902. The van der Waals surface area contributed by atoms with E-state index < -0.39 is 5.92 Å². The molecule has 3 N–H and O–H groups in total. The van der Waals surface area contributed by atoms with Crippen LogP contribution in [-0.4, -0.2) is 48.7 Å². The van der Waals surface area contributed by atoms with Gasteiger partial charge in [0.1, 0.15) is 17.5 Å². The second-order valence-electron chi connectivity index (χ2n) is 6.91. The number of halogens is 2. The molecule has 0 unspecified atom stereocenters. The molecule has 29 heavy (non-hydrogen) atoms. The number of piperidine rings is 1. The number of allylic oxidation sites excluding steroid dienone is 4. The summed E-state index contributed by atoms with van der Waals surface area (Å²) in [4.78, 5) is 10.3. The molecule has 0 aromatic heterocycles. The van der Waals surface area contributed by atoms with Crippen molar-refractivity contribution in [3.8, 4) is 0 Å². The van der Waals surface area contributed by atoms with Crippen LogP contribution >= 0.6 is 0 Å². The third-order valence-electron chi connectivity index (χ3n) is 4.55. The summed E-state index contributed by atoms with van der Waals surface area (Å²) < 4.78 is 27.8. The monoisotopic (exact) mass is 404 g/mol. The van der Waals surface area contributed by atoms with Crippen LogP contribution in [0.3, 0.4) is 0 Å². The molecule has 0 aliphatic carbocycles. The highest BCUT2D eigenvalue weighted by Gasteiger charge is 2.36. The van der Waals surface area contributed by atoms with Crippen molar-refractivity contribution in [2.45, 2.75) is 46.0 Å². The van der Waals surface area contributed by atoms with Gasteiger partial charge in [0.25, 0.3) is 5.92 Å². The molecule has 0 atom stereocenters. The molecule has 0 amide bonds. The molecule has 6 nitrogen and oxygen atoms in total. The molecule has 0 bridgehead atoms. The zero-order valence-electron chi connectivity index (χ0n) is 17.3. The van der Waals surface area contributed by atoms with E-state index in [0.29, 0.717) is 49.0 Å². The molecule has 2 aliphatic rings. The summed E-state index contributed by atoms with van der Waals surface area (Å²) in [6.07, 6.45) is 11.4. The minimum atomic E-state index is -2.71. The number of nitrogens with zero attached hydrogens (tertiary/aromatic N) is 3. The van der Waals surface area contributed by atoms with E-state index in [0.717, 1.165) is 5.70 Å². The van der Waals surface area contributed by atoms with Gasteiger partial charge in [0.15, 0.2) is 0 Å². The van der Waals surface area contributed by atoms with Crippen LogP contribution in [0.4, 0.5) is 8.78 Å². The third-order valence-corrected chi connectivity index (χ3v) is 4.55. The van der Waals surface area contributed by atoms with Crippen molar-refractivity contribution in [3.05, 3.63) is 47.2 Å². The molecular weight excluding hydrogens is 374 g/mol. The molecule has 0 aromatic rings. The molecule has 0 spiro atoms. The molecule has 0 radical (unpaired) electrons. The maximum absolute atomic E-state index is 13.9. The molecular formula is C21H30F2N6. The van der Waals surface area contributed by atoms with E-state index in [1.807, 2.05) is 39.0 Å². The first kappa shape index (κ1) is 22.5. The van der Waals surface area contributed by atoms with Gasteiger partial charge in [0, 0.05) is 49.3 Å². The zero-order chi connectivity index (χ0) is 21.3. The second-order valence-corrected chi connectivity index (χ2v) is 6.91. The average molecular weight is 405 g/mol. The molecule has 1 saturated heterocycles. The lowest BCUT2D eigenvalue weighted by Crippen LogP contribution is -2.47. The Kier molecular flexibility index (Phi) is 8.30. The average Bonchev–Trinajstić information content (AvgIpc) is 2.68.